The fourth-order valence-electron chi connectivity index (χ4n) is 1.90. The Hall–Kier alpha value is -1.69. The minimum Gasteiger partial charge on any atom is -0.344 e. The molecule has 0 aliphatic heterocycles. The van der Waals surface area contributed by atoms with E-state index in [1.54, 1.807) is 0 Å². The van der Waals surface area contributed by atoms with Crippen LogP contribution in [-0.2, 0) is 0 Å². The third kappa shape index (κ3) is 3.96. The number of carbonyl (C=O) groups is 1. The third-order valence-corrected chi connectivity index (χ3v) is 2.64. The number of nitrogens with two attached hydrogens (primary N) is 1. The maximum absolute atomic E-state index is 12.0. The number of H-pyrrole nitrogens is 1. The Kier molecular flexibility index (Phi) is 4.61. The number of nitrogens with zero attached hydrogens (tertiary/aromatic N) is 1. The molecule has 0 aliphatic rings. The molecule has 1 unspecified atom stereocenters. The van der Waals surface area contributed by atoms with Gasteiger partial charge in [-0.1, -0.05) is 13.8 Å². The van der Waals surface area contributed by atoms with Gasteiger partial charge < -0.3 is 11.1 Å². The Bertz CT molecular complexity index is 449. The average Bonchev–Trinajstić information content (AvgIpc) is 2.28. The van der Waals surface area contributed by atoms with Crippen molar-refractivity contribution in [2.24, 2.45) is 11.7 Å². The molecule has 0 spiro atoms. The van der Waals surface area contributed by atoms with E-state index in [1.807, 2.05) is 6.92 Å². The molecule has 0 saturated carbocycles. The topological polar surface area (TPSA) is 101 Å². The minimum absolute atomic E-state index is 0.179. The van der Waals surface area contributed by atoms with Crippen LogP contribution in [0.15, 0.2) is 16.9 Å². The van der Waals surface area contributed by atoms with E-state index < -0.39 is 5.54 Å². The Morgan fingerprint density at radius 3 is 2.67 bits per heavy atom. The van der Waals surface area contributed by atoms with Gasteiger partial charge in [0.2, 0.25) is 0 Å². The highest BCUT2D eigenvalue weighted by atomic mass is 16.2. The molecule has 6 nitrogen and oxygen atoms in total. The first-order valence-electron chi connectivity index (χ1n) is 5.94. The van der Waals surface area contributed by atoms with E-state index in [-0.39, 0.29) is 17.2 Å². The number of amides is 1. The predicted molar refractivity (Wildman–Crippen MR) is 69.2 cm³/mol. The van der Waals surface area contributed by atoms with Crippen LogP contribution in [0, 0.1) is 5.92 Å². The first-order valence-corrected chi connectivity index (χ1v) is 5.94. The fourth-order valence-corrected chi connectivity index (χ4v) is 1.90. The maximum Gasteiger partial charge on any atom is 0.272 e. The molecule has 4 N–H and O–H groups in total. The van der Waals surface area contributed by atoms with E-state index in [4.69, 9.17) is 5.73 Å². The molecule has 18 heavy (non-hydrogen) atoms. The summed E-state index contributed by atoms with van der Waals surface area (Å²) >= 11 is 0. The van der Waals surface area contributed by atoms with E-state index in [9.17, 15) is 9.59 Å². The molecule has 1 aromatic heterocycles. The molecule has 1 aromatic rings. The van der Waals surface area contributed by atoms with E-state index >= 15 is 0 Å². The second kappa shape index (κ2) is 5.77. The molecule has 1 rings (SSSR count). The summed E-state index contributed by atoms with van der Waals surface area (Å²) in [6.45, 7) is 6.38. The number of aromatic nitrogens is 2. The number of rotatable bonds is 5. The summed E-state index contributed by atoms with van der Waals surface area (Å²) in [5, 5.41) is 8.77. The molecule has 100 valence electrons. The van der Waals surface area contributed by atoms with Gasteiger partial charge in [0.1, 0.15) is 5.69 Å². The van der Waals surface area contributed by atoms with Crippen molar-refractivity contribution in [2.45, 2.75) is 32.7 Å². The minimum atomic E-state index is -0.469. The number of aromatic amines is 1. The van der Waals surface area contributed by atoms with Gasteiger partial charge >= 0.3 is 0 Å². The van der Waals surface area contributed by atoms with Crippen molar-refractivity contribution < 1.29 is 4.79 Å². The quantitative estimate of drug-likeness (QED) is 0.699. The molecule has 1 amide bonds. The van der Waals surface area contributed by atoms with Crippen molar-refractivity contribution in [1.82, 2.24) is 15.5 Å². The largest absolute Gasteiger partial charge is 0.344 e. The summed E-state index contributed by atoms with van der Waals surface area (Å²) in [6.07, 6.45) is 0.776. The molecule has 0 aliphatic carbocycles. The first kappa shape index (κ1) is 14.4. The van der Waals surface area contributed by atoms with Crippen LogP contribution in [0.5, 0.6) is 0 Å². The number of hydrogen-bond acceptors (Lipinski definition) is 4. The van der Waals surface area contributed by atoms with Crippen LogP contribution in [0.3, 0.4) is 0 Å². The lowest BCUT2D eigenvalue weighted by Gasteiger charge is -2.30. The summed E-state index contributed by atoms with van der Waals surface area (Å²) in [6, 6.07) is 2.66. The standard InChI is InChI=1S/C12H20N4O2/c1-8(2)6-12(3,7-13)14-11(18)9-4-5-10(17)16-15-9/h4-5,8H,6-7,13H2,1-3H3,(H,14,18)(H,16,17). The lowest BCUT2D eigenvalue weighted by Crippen LogP contribution is -2.52. The molecule has 6 heteroatoms. The molecule has 0 aromatic carbocycles. The Balaban J connectivity index is 2.79. The molecule has 1 atom stereocenters. The van der Waals surface area contributed by atoms with E-state index in [0.717, 1.165) is 6.42 Å². The SMILES string of the molecule is CC(C)CC(C)(CN)NC(=O)c1ccc(=O)[nH]n1. The normalized spacial score (nSPS) is 14.3. The smallest absolute Gasteiger partial charge is 0.272 e. The second-order valence-corrected chi connectivity index (χ2v) is 5.12. The van der Waals surface area contributed by atoms with E-state index in [1.165, 1.54) is 12.1 Å². The van der Waals surface area contributed by atoms with Crippen molar-refractivity contribution in [1.29, 1.82) is 0 Å². The molecule has 1 heterocycles. The van der Waals surface area contributed by atoms with Crippen molar-refractivity contribution >= 4 is 5.91 Å². The summed E-state index contributed by atoms with van der Waals surface area (Å²) in [5.41, 5.74) is 5.08. The number of nitrogens with one attached hydrogen (secondary N) is 2. The Labute approximate surface area is 106 Å². The van der Waals surface area contributed by atoms with Gasteiger partial charge in [-0.25, -0.2) is 5.10 Å². The fraction of sp³-hybridized carbons (Fsp3) is 0.583. The van der Waals surface area contributed by atoms with Gasteiger partial charge in [0.25, 0.3) is 11.5 Å². The summed E-state index contributed by atoms with van der Waals surface area (Å²) in [5.74, 6) is 0.0854. The molecular formula is C12H20N4O2. The molecular weight excluding hydrogens is 232 g/mol. The lowest BCUT2D eigenvalue weighted by molar-refractivity contribution is 0.0892. The van der Waals surface area contributed by atoms with Gasteiger partial charge in [-0.3, -0.25) is 9.59 Å². The Morgan fingerprint density at radius 1 is 1.56 bits per heavy atom. The molecule has 0 radical (unpaired) electrons. The van der Waals surface area contributed by atoms with Crippen molar-refractivity contribution in [3.63, 3.8) is 0 Å². The zero-order valence-corrected chi connectivity index (χ0v) is 11.0. The highest BCUT2D eigenvalue weighted by Gasteiger charge is 2.26. The van der Waals surface area contributed by atoms with Crippen LogP contribution in [0.25, 0.3) is 0 Å². The van der Waals surface area contributed by atoms with Crippen LogP contribution in [-0.4, -0.2) is 28.2 Å². The zero-order chi connectivity index (χ0) is 13.8. The van der Waals surface area contributed by atoms with Crippen LogP contribution >= 0.6 is 0 Å². The maximum atomic E-state index is 12.0. The number of hydrogen-bond donors (Lipinski definition) is 3. The monoisotopic (exact) mass is 252 g/mol. The van der Waals surface area contributed by atoms with Gasteiger partial charge in [0.15, 0.2) is 0 Å². The lowest BCUT2D eigenvalue weighted by atomic mass is 9.90. The second-order valence-electron chi connectivity index (χ2n) is 5.12. The summed E-state index contributed by atoms with van der Waals surface area (Å²) in [4.78, 5) is 22.8. The van der Waals surface area contributed by atoms with Gasteiger partial charge in [0.05, 0.1) is 5.54 Å². The van der Waals surface area contributed by atoms with Crippen LogP contribution in [0.1, 0.15) is 37.7 Å². The highest BCUT2D eigenvalue weighted by Crippen LogP contribution is 2.15. The van der Waals surface area contributed by atoms with Crippen LogP contribution < -0.4 is 16.6 Å². The Morgan fingerprint density at radius 2 is 2.22 bits per heavy atom. The van der Waals surface area contributed by atoms with Gasteiger partial charge in [-0.15, -0.1) is 0 Å². The zero-order valence-electron chi connectivity index (χ0n) is 11.0. The van der Waals surface area contributed by atoms with Crippen molar-refractivity contribution in [3.8, 4) is 0 Å². The predicted octanol–water partition coefficient (Wildman–Crippen LogP) is 0.263. The van der Waals surface area contributed by atoms with Gasteiger partial charge in [-0.05, 0) is 25.3 Å². The number of carbonyl (C=O) groups excluding carboxylic acids is 1. The van der Waals surface area contributed by atoms with Gasteiger partial charge in [0, 0.05) is 12.6 Å². The summed E-state index contributed by atoms with van der Waals surface area (Å²) in [7, 11) is 0. The van der Waals surface area contributed by atoms with Crippen molar-refractivity contribution in [3.05, 3.63) is 28.2 Å². The van der Waals surface area contributed by atoms with Crippen LogP contribution in [0.2, 0.25) is 0 Å². The van der Waals surface area contributed by atoms with Crippen molar-refractivity contribution in [2.75, 3.05) is 6.54 Å². The summed E-state index contributed by atoms with van der Waals surface area (Å²) < 4.78 is 0. The average molecular weight is 252 g/mol. The van der Waals surface area contributed by atoms with Crippen LogP contribution in [0.4, 0.5) is 0 Å². The molecule has 0 saturated heterocycles. The first-order chi connectivity index (χ1) is 8.36. The third-order valence-electron chi connectivity index (χ3n) is 2.64. The van der Waals surface area contributed by atoms with E-state index in [0.29, 0.717) is 12.5 Å². The van der Waals surface area contributed by atoms with Gasteiger partial charge in [-0.2, -0.15) is 5.10 Å². The molecule has 0 bridgehead atoms. The van der Waals surface area contributed by atoms with E-state index in [2.05, 4.69) is 29.4 Å². The highest BCUT2D eigenvalue weighted by molar-refractivity contribution is 5.92. The molecule has 0 fully saturated rings.